The minimum atomic E-state index is 0. The van der Waals surface area contributed by atoms with E-state index in [0.717, 1.165) is 17.1 Å². The zero-order chi connectivity index (χ0) is 12.1. The Bertz CT molecular complexity index is 546. The molecule has 0 unspecified atom stereocenters. The van der Waals surface area contributed by atoms with Crippen molar-refractivity contribution in [1.82, 2.24) is 5.32 Å². The predicted molar refractivity (Wildman–Crippen MR) is 73.7 cm³/mol. The van der Waals surface area contributed by atoms with Crippen LogP contribution in [-0.4, -0.2) is 6.54 Å². The highest BCUT2D eigenvalue weighted by Gasteiger charge is 2.04. The van der Waals surface area contributed by atoms with Crippen molar-refractivity contribution in [3.05, 3.63) is 47.2 Å². The summed E-state index contributed by atoms with van der Waals surface area (Å²) in [7, 11) is 0. The number of rotatable bonds is 4. The summed E-state index contributed by atoms with van der Waals surface area (Å²) in [5.41, 5.74) is 0.948. The van der Waals surface area contributed by atoms with Crippen LogP contribution in [0.2, 0.25) is 5.02 Å². The van der Waals surface area contributed by atoms with Crippen LogP contribution in [0.4, 0.5) is 0 Å². The van der Waals surface area contributed by atoms with Gasteiger partial charge in [-0.2, -0.15) is 5.26 Å². The van der Waals surface area contributed by atoms with E-state index < -0.39 is 0 Å². The third kappa shape index (κ3) is 3.78. The Hall–Kier alpha value is -1.47. The molecule has 2 aromatic rings. The zero-order valence-electron chi connectivity index (χ0n) is 9.52. The van der Waals surface area contributed by atoms with Crippen molar-refractivity contribution < 1.29 is 4.42 Å². The van der Waals surface area contributed by atoms with Gasteiger partial charge in [0.2, 0.25) is 0 Å². The lowest BCUT2D eigenvalue weighted by Crippen LogP contribution is -2.12. The molecular formula is C13H12Cl2N2O. The average molecular weight is 283 g/mol. The smallest absolute Gasteiger partial charge is 0.134 e. The van der Waals surface area contributed by atoms with Crippen LogP contribution in [0.25, 0.3) is 11.3 Å². The average Bonchev–Trinajstić information content (AvgIpc) is 2.78. The van der Waals surface area contributed by atoms with E-state index in [0.29, 0.717) is 18.1 Å². The molecule has 2 rings (SSSR count). The molecule has 0 bridgehead atoms. The molecule has 1 aromatic heterocycles. The van der Waals surface area contributed by atoms with Gasteiger partial charge in [-0.25, -0.2) is 0 Å². The van der Waals surface area contributed by atoms with Crippen molar-refractivity contribution in [3.8, 4) is 17.4 Å². The van der Waals surface area contributed by atoms with Crippen molar-refractivity contribution in [2.45, 2.75) is 6.54 Å². The highest BCUT2D eigenvalue weighted by atomic mass is 35.5. The fourth-order valence-corrected chi connectivity index (χ4v) is 1.70. The molecule has 0 aliphatic rings. The molecule has 5 heteroatoms. The van der Waals surface area contributed by atoms with Crippen molar-refractivity contribution in [2.75, 3.05) is 6.54 Å². The molecule has 94 valence electrons. The van der Waals surface area contributed by atoms with Crippen LogP contribution in [0, 0.1) is 11.3 Å². The lowest BCUT2D eigenvalue weighted by atomic mass is 10.2. The Balaban J connectivity index is 0.00000162. The standard InChI is InChI=1S/C13H11ClN2O.ClH/c14-11-3-1-2-10(8-11)13-5-4-12(17-13)9-16-7-6-15;/h1-5,8,16H,7,9H2;1H. The van der Waals surface area contributed by atoms with Crippen LogP contribution >= 0.6 is 24.0 Å². The van der Waals surface area contributed by atoms with Crippen LogP contribution in [-0.2, 0) is 6.54 Å². The Morgan fingerprint density at radius 2 is 2.11 bits per heavy atom. The molecule has 0 saturated carbocycles. The molecular weight excluding hydrogens is 271 g/mol. The molecule has 0 atom stereocenters. The summed E-state index contributed by atoms with van der Waals surface area (Å²) < 4.78 is 5.64. The van der Waals surface area contributed by atoms with Gasteiger partial charge in [-0.15, -0.1) is 12.4 Å². The lowest BCUT2D eigenvalue weighted by Gasteiger charge is -1.98. The number of hydrogen-bond acceptors (Lipinski definition) is 3. The maximum Gasteiger partial charge on any atom is 0.134 e. The fourth-order valence-electron chi connectivity index (χ4n) is 1.51. The van der Waals surface area contributed by atoms with Gasteiger partial charge in [-0.05, 0) is 24.3 Å². The lowest BCUT2D eigenvalue weighted by molar-refractivity contribution is 0.502. The molecule has 3 nitrogen and oxygen atoms in total. The van der Waals surface area contributed by atoms with E-state index in [1.165, 1.54) is 0 Å². The normalized spacial score (nSPS) is 9.56. The van der Waals surface area contributed by atoms with E-state index in [9.17, 15) is 0 Å². The van der Waals surface area contributed by atoms with E-state index in [-0.39, 0.29) is 12.4 Å². The van der Waals surface area contributed by atoms with Crippen molar-refractivity contribution in [2.24, 2.45) is 0 Å². The Morgan fingerprint density at radius 3 is 2.83 bits per heavy atom. The number of furan rings is 1. The largest absolute Gasteiger partial charge is 0.460 e. The Morgan fingerprint density at radius 1 is 1.28 bits per heavy atom. The number of hydrogen-bond donors (Lipinski definition) is 1. The van der Waals surface area contributed by atoms with Crippen LogP contribution in [0.15, 0.2) is 40.8 Å². The molecule has 1 aromatic carbocycles. The topological polar surface area (TPSA) is 49.0 Å². The summed E-state index contributed by atoms with van der Waals surface area (Å²) in [5.74, 6) is 1.58. The molecule has 0 aliphatic heterocycles. The zero-order valence-corrected chi connectivity index (χ0v) is 11.1. The van der Waals surface area contributed by atoms with Crippen LogP contribution in [0.5, 0.6) is 0 Å². The first kappa shape index (κ1) is 14.6. The van der Waals surface area contributed by atoms with Gasteiger partial charge in [0.15, 0.2) is 0 Å². The van der Waals surface area contributed by atoms with Crippen molar-refractivity contribution in [1.29, 1.82) is 5.26 Å². The summed E-state index contributed by atoms with van der Waals surface area (Å²) in [5, 5.41) is 12.0. The monoisotopic (exact) mass is 282 g/mol. The SMILES string of the molecule is Cl.N#CCNCc1ccc(-c2cccc(Cl)c2)o1. The van der Waals surface area contributed by atoms with Crippen LogP contribution < -0.4 is 5.32 Å². The van der Waals surface area contributed by atoms with Crippen LogP contribution in [0.3, 0.4) is 0 Å². The molecule has 0 radical (unpaired) electrons. The predicted octanol–water partition coefficient (Wildman–Crippen LogP) is 3.63. The second kappa shape index (κ2) is 7.07. The highest BCUT2D eigenvalue weighted by molar-refractivity contribution is 6.30. The first-order chi connectivity index (χ1) is 8.29. The molecule has 0 aliphatic carbocycles. The first-order valence-corrected chi connectivity index (χ1v) is 5.60. The number of nitriles is 1. The number of nitrogens with zero attached hydrogens (tertiary/aromatic N) is 1. The second-order valence-corrected chi connectivity index (χ2v) is 3.97. The van der Waals surface area contributed by atoms with E-state index in [1.54, 1.807) is 0 Å². The van der Waals surface area contributed by atoms with E-state index in [4.69, 9.17) is 21.3 Å². The third-order valence-corrected chi connectivity index (χ3v) is 2.51. The van der Waals surface area contributed by atoms with E-state index in [2.05, 4.69) is 5.32 Å². The van der Waals surface area contributed by atoms with Gasteiger partial charge < -0.3 is 4.42 Å². The van der Waals surface area contributed by atoms with E-state index >= 15 is 0 Å². The summed E-state index contributed by atoms with van der Waals surface area (Å²) >= 11 is 5.91. The fraction of sp³-hybridized carbons (Fsp3) is 0.154. The van der Waals surface area contributed by atoms with Gasteiger partial charge in [0.25, 0.3) is 0 Å². The number of halogens is 2. The minimum absolute atomic E-state index is 0. The number of benzene rings is 1. The molecule has 0 spiro atoms. The van der Waals surface area contributed by atoms with E-state index in [1.807, 2.05) is 42.5 Å². The number of nitrogens with one attached hydrogen (secondary N) is 1. The van der Waals surface area contributed by atoms with Crippen molar-refractivity contribution in [3.63, 3.8) is 0 Å². The van der Waals surface area contributed by atoms with Gasteiger partial charge in [0.05, 0.1) is 19.2 Å². The molecule has 18 heavy (non-hydrogen) atoms. The van der Waals surface area contributed by atoms with Gasteiger partial charge in [0, 0.05) is 10.6 Å². The van der Waals surface area contributed by atoms with Gasteiger partial charge in [0.1, 0.15) is 11.5 Å². The molecule has 0 saturated heterocycles. The Kier molecular flexibility index (Phi) is 5.73. The summed E-state index contributed by atoms with van der Waals surface area (Å²) in [6.07, 6.45) is 0. The molecule has 0 fully saturated rings. The summed E-state index contributed by atoms with van der Waals surface area (Å²) in [6.45, 7) is 0.862. The summed E-state index contributed by atoms with van der Waals surface area (Å²) in [4.78, 5) is 0. The van der Waals surface area contributed by atoms with Crippen molar-refractivity contribution >= 4 is 24.0 Å². The summed E-state index contributed by atoms with van der Waals surface area (Å²) in [6, 6.07) is 13.3. The molecule has 1 heterocycles. The third-order valence-electron chi connectivity index (χ3n) is 2.27. The quantitative estimate of drug-likeness (QED) is 0.688. The first-order valence-electron chi connectivity index (χ1n) is 5.22. The van der Waals surface area contributed by atoms with Gasteiger partial charge in [-0.1, -0.05) is 23.7 Å². The minimum Gasteiger partial charge on any atom is -0.460 e. The van der Waals surface area contributed by atoms with Crippen LogP contribution in [0.1, 0.15) is 5.76 Å². The van der Waals surface area contributed by atoms with Gasteiger partial charge in [-0.3, -0.25) is 5.32 Å². The highest BCUT2D eigenvalue weighted by Crippen LogP contribution is 2.24. The second-order valence-electron chi connectivity index (χ2n) is 3.54. The maximum atomic E-state index is 8.40. The maximum absolute atomic E-state index is 8.40. The van der Waals surface area contributed by atoms with Gasteiger partial charge >= 0.3 is 0 Å². The molecule has 1 N–H and O–H groups in total. The molecule has 0 amide bonds. The Labute approximate surface area is 117 Å².